The zero-order valence-corrected chi connectivity index (χ0v) is 14.1. The van der Waals surface area contributed by atoms with Gasteiger partial charge in [-0.05, 0) is 24.0 Å². The Morgan fingerprint density at radius 3 is 2.57 bits per heavy atom. The predicted octanol–water partition coefficient (Wildman–Crippen LogP) is 1.97. The van der Waals surface area contributed by atoms with E-state index in [0.29, 0.717) is 25.9 Å². The number of rotatable bonds is 4. The Morgan fingerprint density at radius 1 is 1.09 bits per heavy atom. The standard InChI is InChI=1S/C17H21N3O2S/c1-2-16-15-8-10-20(11-9-17(15)19-13-18-16)23(21,22)12-14-6-4-3-5-7-14/h3-7,13H,2,8-12H2,1H3. The Balaban J connectivity index is 1.79. The van der Waals surface area contributed by atoms with Gasteiger partial charge in [0, 0.05) is 30.9 Å². The Morgan fingerprint density at radius 2 is 1.83 bits per heavy atom. The highest BCUT2D eigenvalue weighted by molar-refractivity contribution is 7.88. The highest BCUT2D eigenvalue weighted by Gasteiger charge is 2.26. The Bertz CT molecular complexity index is 776. The van der Waals surface area contributed by atoms with Crippen molar-refractivity contribution >= 4 is 10.0 Å². The molecule has 0 amide bonds. The first-order chi connectivity index (χ1) is 11.1. The highest BCUT2D eigenvalue weighted by Crippen LogP contribution is 2.20. The van der Waals surface area contributed by atoms with Crippen LogP contribution >= 0.6 is 0 Å². The molecule has 2 heterocycles. The molecule has 0 unspecified atom stereocenters. The number of fused-ring (bicyclic) bond motifs is 1. The summed E-state index contributed by atoms with van der Waals surface area (Å²) in [6, 6.07) is 9.33. The van der Waals surface area contributed by atoms with E-state index in [4.69, 9.17) is 0 Å². The fourth-order valence-corrected chi connectivity index (χ4v) is 4.57. The van der Waals surface area contributed by atoms with Gasteiger partial charge >= 0.3 is 0 Å². The van der Waals surface area contributed by atoms with Crippen LogP contribution in [0.2, 0.25) is 0 Å². The molecule has 0 saturated heterocycles. The van der Waals surface area contributed by atoms with Gasteiger partial charge in [-0.2, -0.15) is 0 Å². The van der Waals surface area contributed by atoms with Crippen LogP contribution in [-0.4, -0.2) is 35.8 Å². The van der Waals surface area contributed by atoms with E-state index in [0.717, 1.165) is 28.9 Å². The second-order valence-corrected chi connectivity index (χ2v) is 7.71. The average Bonchev–Trinajstić information content (AvgIpc) is 2.78. The van der Waals surface area contributed by atoms with Crippen molar-refractivity contribution in [2.24, 2.45) is 0 Å². The summed E-state index contributed by atoms with van der Waals surface area (Å²) in [5.41, 5.74) is 3.99. The van der Waals surface area contributed by atoms with E-state index in [9.17, 15) is 8.42 Å². The van der Waals surface area contributed by atoms with Crippen molar-refractivity contribution < 1.29 is 8.42 Å². The maximum atomic E-state index is 12.7. The van der Waals surface area contributed by atoms with Crippen LogP contribution in [0.25, 0.3) is 0 Å². The van der Waals surface area contributed by atoms with Gasteiger partial charge in [-0.1, -0.05) is 37.3 Å². The first-order valence-electron chi connectivity index (χ1n) is 7.93. The zero-order valence-electron chi connectivity index (χ0n) is 13.3. The van der Waals surface area contributed by atoms with Crippen molar-refractivity contribution in [1.29, 1.82) is 0 Å². The van der Waals surface area contributed by atoms with Crippen molar-refractivity contribution in [3.05, 3.63) is 59.2 Å². The summed E-state index contributed by atoms with van der Waals surface area (Å²) in [4.78, 5) is 8.68. The summed E-state index contributed by atoms with van der Waals surface area (Å²) in [5.74, 6) is 0.0521. The van der Waals surface area contributed by atoms with Gasteiger partial charge in [-0.15, -0.1) is 0 Å². The van der Waals surface area contributed by atoms with Crippen molar-refractivity contribution in [2.45, 2.75) is 31.9 Å². The molecule has 23 heavy (non-hydrogen) atoms. The van der Waals surface area contributed by atoms with Gasteiger partial charge in [0.05, 0.1) is 5.75 Å². The molecule has 0 bridgehead atoms. The van der Waals surface area contributed by atoms with Gasteiger partial charge in [-0.3, -0.25) is 0 Å². The molecule has 6 heteroatoms. The minimum atomic E-state index is -3.31. The third kappa shape index (κ3) is 3.59. The van der Waals surface area contributed by atoms with E-state index < -0.39 is 10.0 Å². The first-order valence-corrected chi connectivity index (χ1v) is 9.54. The molecule has 0 radical (unpaired) electrons. The van der Waals surface area contributed by atoms with Crippen LogP contribution < -0.4 is 0 Å². The Labute approximate surface area is 137 Å². The van der Waals surface area contributed by atoms with Crippen molar-refractivity contribution in [3.63, 3.8) is 0 Å². The van der Waals surface area contributed by atoms with Crippen LogP contribution in [0.15, 0.2) is 36.7 Å². The normalized spacial score (nSPS) is 15.9. The molecular weight excluding hydrogens is 310 g/mol. The van der Waals surface area contributed by atoms with Gasteiger partial charge in [0.15, 0.2) is 0 Å². The number of hydrogen-bond donors (Lipinski definition) is 0. The van der Waals surface area contributed by atoms with Crippen molar-refractivity contribution in [1.82, 2.24) is 14.3 Å². The van der Waals surface area contributed by atoms with Crippen molar-refractivity contribution in [3.8, 4) is 0 Å². The number of benzene rings is 1. The number of aromatic nitrogens is 2. The monoisotopic (exact) mass is 331 g/mol. The lowest BCUT2D eigenvalue weighted by atomic mass is 10.1. The fourth-order valence-electron chi connectivity index (χ4n) is 3.03. The van der Waals surface area contributed by atoms with E-state index in [1.54, 1.807) is 10.6 Å². The summed E-state index contributed by atoms with van der Waals surface area (Å²) in [5, 5.41) is 0. The molecule has 5 nitrogen and oxygen atoms in total. The van der Waals surface area contributed by atoms with Crippen LogP contribution in [0.3, 0.4) is 0 Å². The molecule has 1 aromatic heterocycles. The minimum absolute atomic E-state index is 0.0521. The summed E-state index contributed by atoms with van der Waals surface area (Å²) >= 11 is 0. The molecule has 3 rings (SSSR count). The highest BCUT2D eigenvalue weighted by atomic mass is 32.2. The maximum Gasteiger partial charge on any atom is 0.218 e. The molecular formula is C17H21N3O2S. The predicted molar refractivity (Wildman–Crippen MR) is 89.5 cm³/mol. The number of aryl methyl sites for hydroxylation is 1. The Hall–Kier alpha value is -1.79. The topological polar surface area (TPSA) is 63.2 Å². The second kappa shape index (κ2) is 6.76. The molecule has 1 aromatic carbocycles. The number of hydrogen-bond acceptors (Lipinski definition) is 4. The molecule has 0 aliphatic carbocycles. The average molecular weight is 331 g/mol. The largest absolute Gasteiger partial charge is 0.241 e. The minimum Gasteiger partial charge on any atom is -0.241 e. The molecule has 0 spiro atoms. The van der Waals surface area contributed by atoms with Gasteiger partial charge < -0.3 is 0 Å². The second-order valence-electron chi connectivity index (χ2n) is 5.74. The summed E-state index contributed by atoms with van der Waals surface area (Å²) < 4.78 is 27.0. The molecule has 1 aliphatic heterocycles. The smallest absolute Gasteiger partial charge is 0.218 e. The van der Waals surface area contributed by atoms with E-state index in [1.807, 2.05) is 30.3 Å². The maximum absolute atomic E-state index is 12.7. The third-order valence-corrected chi connectivity index (χ3v) is 6.10. The van der Waals surface area contributed by atoms with Crippen LogP contribution in [0.1, 0.15) is 29.4 Å². The van der Waals surface area contributed by atoms with Crippen LogP contribution in [0.4, 0.5) is 0 Å². The van der Waals surface area contributed by atoms with E-state index in [2.05, 4.69) is 16.9 Å². The lowest BCUT2D eigenvalue weighted by Crippen LogP contribution is -2.34. The van der Waals surface area contributed by atoms with E-state index >= 15 is 0 Å². The zero-order chi connectivity index (χ0) is 16.3. The number of nitrogens with zero attached hydrogens (tertiary/aromatic N) is 3. The van der Waals surface area contributed by atoms with E-state index in [-0.39, 0.29) is 5.75 Å². The van der Waals surface area contributed by atoms with Gasteiger partial charge in [-0.25, -0.2) is 22.7 Å². The summed E-state index contributed by atoms with van der Waals surface area (Å²) in [6.45, 7) is 3.06. The first kappa shape index (κ1) is 16.1. The lowest BCUT2D eigenvalue weighted by molar-refractivity contribution is 0.425. The quantitative estimate of drug-likeness (QED) is 0.859. The van der Waals surface area contributed by atoms with Crippen LogP contribution in [-0.2, 0) is 35.0 Å². The molecule has 0 fully saturated rings. The van der Waals surface area contributed by atoms with Gasteiger partial charge in [0.1, 0.15) is 6.33 Å². The SMILES string of the molecule is CCc1ncnc2c1CCN(S(=O)(=O)Cc1ccccc1)CC2. The number of sulfonamides is 1. The molecule has 122 valence electrons. The third-order valence-electron chi connectivity index (χ3n) is 4.25. The lowest BCUT2D eigenvalue weighted by Gasteiger charge is -2.19. The molecule has 0 atom stereocenters. The Kier molecular flexibility index (Phi) is 4.73. The molecule has 1 aliphatic rings. The van der Waals surface area contributed by atoms with Gasteiger partial charge in [0.25, 0.3) is 0 Å². The van der Waals surface area contributed by atoms with E-state index in [1.165, 1.54) is 0 Å². The molecule has 0 N–H and O–H groups in total. The molecule has 0 saturated carbocycles. The molecule has 2 aromatic rings. The fraction of sp³-hybridized carbons (Fsp3) is 0.412. The summed E-state index contributed by atoms with van der Waals surface area (Å²) in [7, 11) is -3.31. The van der Waals surface area contributed by atoms with Crippen LogP contribution in [0, 0.1) is 0 Å². The summed E-state index contributed by atoms with van der Waals surface area (Å²) in [6.07, 6.45) is 3.78. The van der Waals surface area contributed by atoms with Gasteiger partial charge in [0.2, 0.25) is 10.0 Å². The van der Waals surface area contributed by atoms with Crippen molar-refractivity contribution in [2.75, 3.05) is 13.1 Å². The van der Waals surface area contributed by atoms with Crippen LogP contribution in [0.5, 0.6) is 0 Å².